The van der Waals surface area contributed by atoms with Gasteiger partial charge in [0, 0.05) is 31.1 Å². The monoisotopic (exact) mass is 307 g/mol. The summed E-state index contributed by atoms with van der Waals surface area (Å²) in [4.78, 5) is 14.7. The van der Waals surface area contributed by atoms with E-state index in [1.807, 2.05) is 0 Å². The molecule has 1 amide bonds. The van der Waals surface area contributed by atoms with Crippen molar-refractivity contribution >= 4 is 5.91 Å². The molecule has 4 nitrogen and oxygen atoms in total. The Bertz CT molecular complexity index is 381. The number of piperidine rings is 1. The third-order valence-electron chi connectivity index (χ3n) is 6.31. The summed E-state index contributed by atoms with van der Waals surface area (Å²) in [5.41, 5.74) is 0. The molecule has 1 saturated carbocycles. The molecule has 0 aromatic carbocycles. The van der Waals surface area contributed by atoms with Crippen molar-refractivity contribution in [3.05, 3.63) is 0 Å². The second-order valence-electron chi connectivity index (χ2n) is 7.81. The molecule has 2 heterocycles. The Balaban J connectivity index is 1.40. The Morgan fingerprint density at radius 2 is 1.95 bits per heavy atom. The van der Waals surface area contributed by atoms with Crippen LogP contribution in [0.2, 0.25) is 0 Å². The molecule has 5 unspecified atom stereocenters. The minimum absolute atomic E-state index is 0.265. The van der Waals surface area contributed by atoms with Crippen LogP contribution in [0.4, 0.5) is 0 Å². The molecule has 0 aromatic heterocycles. The zero-order valence-electron chi connectivity index (χ0n) is 14.3. The first kappa shape index (κ1) is 16.3. The van der Waals surface area contributed by atoms with E-state index in [2.05, 4.69) is 29.4 Å². The van der Waals surface area contributed by atoms with Crippen molar-refractivity contribution in [2.45, 2.75) is 76.9 Å². The standard InChI is InChI=1S/C18H33N3O/c1-13-14(2)19-17-7-6-15(12-16(13)17)20-18(22)8-11-21-9-4-3-5-10-21/h13-17,19H,3-12H2,1-2H3,(H,20,22). The summed E-state index contributed by atoms with van der Waals surface area (Å²) in [6, 6.07) is 1.72. The van der Waals surface area contributed by atoms with Gasteiger partial charge in [-0.3, -0.25) is 4.79 Å². The highest BCUT2D eigenvalue weighted by Crippen LogP contribution is 2.37. The van der Waals surface area contributed by atoms with Gasteiger partial charge in [-0.2, -0.15) is 0 Å². The van der Waals surface area contributed by atoms with Gasteiger partial charge in [0.25, 0.3) is 0 Å². The first-order valence-corrected chi connectivity index (χ1v) is 9.41. The van der Waals surface area contributed by atoms with Gasteiger partial charge < -0.3 is 15.5 Å². The number of nitrogens with one attached hydrogen (secondary N) is 2. The average Bonchev–Trinajstić information content (AvgIpc) is 2.81. The van der Waals surface area contributed by atoms with Crippen LogP contribution < -0.4 is 10.6 Å². The second kappa shape index (κ2) is 7.31. The van der Waals surface area contributed by atoms with E-state index >= 15 is 0 Å². The largest absolute Gasteiger partial charge is 0.353 e. The average molecular weight is 307 g/mol. The van der Waals surface area contributed by atoms with Crippen molar-refractivity contribution < 1.29 is 4.79 Å². The molecule has 0 aromatic rings. The van der Waals surface area contributed by atoms with Crippen LogP contribution in [0.3, 0.4) is 0 Å². The van der Waals surface area contributed by atoms with E-state index in [9.17, 15) is 4.79 Å². The predicted molar refractivity (Wildman–Crippen MR) is 89.7 cm³/mol. The maximum atomic E-state index is 12.2. The topological polar surface area (TPSA) is 44.4 Å². The SMILES string of the molecule is CC1NC2CCC(NC(=O)CCN3CCCCC3)CC2C1C. The Morgan fingerprint density at radius 1 is 1.18 bits per heavy atom. The molecule has 2 saturated heterocycles. The third-order valence-corrected chi connectivity index (χ3v) is 6.31. The fraction of sp³-hybridized carbons (Fsp3) is 0.944. The van der Waals surface area contributed by atoms with Crippen molar-refractivity contribution in [3.63, 3.8) is 0 Å². The number of likely N-dealkylation sites (tertiary alicyclic amines) is 1. The maximum absolute atomic E-state index is 12.2. The number of carbonyl (C=O) groups is 1. The molecule has 2 N–H and O–H groups in total. The summed E-state index contributed by atoms with van der Waals surface area (Å²) in [7, 11) is 0. The highest BCUT2D eigenvalue weighted by atomic mass is 16.1. The van der Waals surface area contributed by atoms with E-state index in [0.717, 1.165) is 24.8 Å². The summed E-state index contributed by atoms with van der Waals surface area (Å²) < 4.78 is 0. The number of amides is 1. The highest BCUT2D eigenvalue weighted by Gasteiger charge is 2.41. The molecule has 1 aliphatic carbocycles. The zero-order valence-corrected chi connectivity index (χ0v) is 14.3. The maximum Gasteiger partial charge on any atom is 0.221 e. The zero-order chi connectivity index (χ0) is 15.5. The van der Waals surface area contributed by atoms with Crippen molar-refractivity contribution in [3.8, 4) is 0 Å². The number of hydrogen-bond acceptors (Lipinski definition) is 3. The molecule has 126 valence electrons. The van der Waals surface area contributed by atoms with Gasteiger partial charge in [-0.25, -0.2) is 0 Å². The molecule has 0 radical (unpaired) electrons. The molecular formula is C18H33N3O. The summed E-state index contributed by atoms with van der Waals surface area (Å²) >= 11 is 0. The van der Waals surface area contributed by atoms with Crippen molar-refractivity contribution in [2.75, 3.05) is 19.6 Å². The first-order valence-electron chi connectivity index (χ1n) is 9.41. The van der Waals surface area contributed by atoms with Gasteiger partial charge in [-0.1, -0.05) is 13.3 Å². The Kier molecular flexibility index (Phi) is 5.40. The first-order chi connectivity index (χ1) is 10.6. The van der Waals surface area contributed by atoms with Crippen LogP contribution in [0.5, 0.6) is 0 Å². The molecule has 3 rings (SSSR count). The van der Waals surface area contributed by atoms with E-state index in [1.165, 1.54) is 45.2 Å². The van der Waals surface area contributed by atoms with Crippen LogP contribution in [-0.2, 0) is 4.79 Å². The Labute approximate surface area is 135 Å². The van der Waals surface area contributed by atoms with Crippen molar-refractivity contribution in [1.82, 2.24) is 15.5 Å². The fourth-order valence-electron chi connectivity index (χ4n) is 4.73. The third kappa shape index (κ3) is 3.83. The predicted octanol–water partition coefficient (Wildman–Crippen LogP) is 2.14. The molecule has 22 heavy (non-hydrogen) atoms. The summed E-state index contributed by atoms with van der Waals surface area (Å²) in [6.45, 7) is 7.97. The van der Waals surface area contributed by atoms with E-state index in [0.29, 0.717) is 24.5 Å². The molecule has 2 aliphatic heterocycles. The number of fused-ring (bicyclic) bond motifs is 1. The van der Waals surface area contributed by atoms with Crippen molar-refractivity contribution in [2.24, 2.45) is 11.8 Å². The van der Waals surface area contributed by atoms with Gasteiger partial charge in [0.05, 0.1) is 0 Å². The van der Waals surface area contributed by atoms with Gasteiger partial charge >= 0.3 is 0 Å². The minimum Gasteiger partial charge on any atom is -0.353 e. The highest BCUT2D eigenvalue weighted by molar-refractivity contribution is 5.76. The van der Waals surface area contributed by atoms with Crippen molar-refractivity contribution in [1.29, 1.82) is 0 Å². The molecule has 0 spiro atoms. The van der Waals surface area contributed by atoms with E-state index in [1.54, 1.807) is 0 Å². The van der Waals surface area contributed by atoms with Gasteiger partial charge in [-0.05, 0) is 64.0 Å². The number of carbonyl (C=O) groups excluding carboxylic acids is 1. The van der Waals surface area contributed by atoms with Gasteiger partial charge in [0.15, 0.2) is 0 Å². The van der Waals surface area contributed by atoms with Crippen LogP contribution in [0.15, 0.2) is 0 Å². The molecule has 3 fully saturated rings. The van der Waals surface area contributed by atoms with Gasteiger partial charge in [-0.15, -0.1) is 0 Å². The van der Waals surface area contributed by atoms with Gasteiger partial charge in [0.2, 0.25) is 5.91 Å². The van der Waals surface area contributed by atoms with E-state index < -0.39 is 0 Å². The molecule has 0 bridgehead atoms. The normalized spacial score (nSPS) is 39.5. The Morgan fingerprint density at radius 3 is 2.73 bits per heavy atom. The van der Waals surface area contributed by atoms with Crippen LogP contribution in [0, 0.1) is 11.8 Å². The van der Waals surface area contributed by atoms with Gasteiger partial charge in [0.1, 0.15) is 0 Å². The van der Waals surface area contributed by atoms with Crippen LogP contribution in [0.25, 0.3) is 0 Å². The van der Waals surface area contributed by atoms with E-state index in [4.69, 9.17) is 0 Å². The molecular weight excluding hydrogens is 274 g/mol. The smallest absolute Gasteiger partial charge is 0.221 e. The lowest BCUT2D eigenvalue weighted by atomic mass is 9.77. The molecule has 4 heteroatoms. The summed E-state index contributed by atoms with van der Waals surface area (Å²) in [6.07, 6.45) is 8.16. The van der Waals surface area contributed by atoms with E-state index in [-0.39, 0.29) is 5.91 Å². The van der Waals surface area contributed by atoms with Crippen LogP contribution in [0.1, 0.15) is 58.8 Å². The molecule has 3 aliphatic rings. The second-order valence-corrected chi connectivity index (χ2v) is 7.81. The lowest BCUT2D eigenvalue weighted by Gasteiger charge is -2.34. The minimum atomic E-state index is 0.265. The lowest BCUT2D eigenvalue weighted by molar-refractivity contribution is -0.122. The molecule has 5 atom stereocenters. The fourth-order valence-corrected chi connectivity index (χ4v) is 4.73. The van der Waals surface area contributed by atoms with Crippen LogP contribution in [-0.4, -0.2) is 48.6 Å². The number of rotatable bonds is 4. The number of nitrogens with zero attached hydrogens (tertiary/aromatic N) is 1. The number of hydrogen-bond donors (Lipinski definition) is 2. The quantitative estimate of drug-likeness (QED) is 0.836. The lowest BCUT2D eigenvalue weighted by Crippen LogP contribution is -2.45. The summed E-state index contributed by atoms with van der Waals surface area (Å²) in [5.74, 6) is 1.75. The van der Waals surface area contributed by atoms with Crippen LogP contribution >= 0.6 is 0 Å². The summed E-state index contributed by atoms with van der Waals surface area (Å²) in [5, 5.41) is 7.04. The Hall–Kier alpha value is -0.610.